The molecule has 2 fully saturated rings. The Kier molecular flexibility index (Phi) is 9.54. The molecule has 0 amide bonds. The number of hydrogen-bond donors (Lipinski definition) is 1. The lowest BCUT2D eigenvalue weighted by molar-refractivity contribution is 0.0315. The molecule has 1 N–H and O–H groups in total. The molecule has 7 nitrogen and oxygen atoms in total. The third-order valence-corrected chi connectivity index (χ3v) is 5.91. The average Bonchev–Trinajstić information content (AvgIpc) is 3.29. The Morgan fingerprint density at radius 3 is 2.81 bits per heavy atom. The zero-order valence-electron chi connectivity index (χ0n) is 16.7. The van der Waals surface area contributed by atoms with Crippen molar-refractivity contribution in [3.8, 4) is 0 Å². The van der Waals surface area contributed by atoms with Crippen molar-refractivity contribution >= 4 is 46.4 Å². The molecule has 2 saturated heterocycles. The fraction of sp³-hybridized carbons (Fsp3) is 0.778. The highest BCUT2D eigenvalue weighted by atomic mass is 127. The van der Waals surface area contributed by atoms with Crippen LogP contribution in [0.4, 0.5) is 5.13 Å². The van der Waals surface area contributed by atoms with Crippen LogP contribution in [0.25, 0.3) is 0 Å². The summed E-state index contributed by atoms with van der Waals surface area (Å²) in [5.41, 5.74) is 1.04. The van der Waals surface area contributed by atoms with Crippen molar-refractivity contribution in [3.63, 3.8) is 0 Å². The Morgan fingerprint density at radius 2 is 2.15 bits per heavy atom. The maximum Gasteiger partial charge on any atom is 0.194 e. The summed E-state index contributed by atoms with van der Waals surface area (Å²) in [6.45, 7) is 10.9. The SMILES string of the molecule is CCNC(=NCc1csc(N(C)C)n1)N1CCC(CN2CCOCC2)C1.I. The molecule has 3 heterocycles. The molecule has 3 rings (SSSR count). The summed E-state index contributed by atoms with van der Waals surface area (Å²) in [6.07, 6.45) is 1.24. The lowest BCUT2D eigenvalue weighted by atomic mass is 10.1. The van der Waals surface area contributed by atoms with Gasteiger partial charge in [-0.05, 0) is 19.3 Å². The van der Waals surface area contributed by atoms with Gasteiger partial charge in [0.05, 0.1) is 25.5 Å². The number of nitrogens with one attached hydrogen (secondary N) is 1. The van der Waals surface area contributed by atoms with Crippen molar-refractivity contribution in [1.82, 2.24) is 20.1 Å². The number of aromatic nitrogens is 1. The van der Waals surface area contributed by atoms with Gasteiger partial charge in [0.15, 0.2) is 11.1 Å². The number of guanidine groups is 1. The zero-order valence-corrected chi connectivity index (χ0v) is 19.8. The number of halogens is 1. The minimum Gasteiger partial charge on any atom is -0.379 e. The number of nitrogens with zero attached hydrogens (tertiary/aromatic N) is 5. The normalized spacial score (nSPS) is 21.2. The lowest BCUT2D eigenvalue weighted by Gasteiger charge is -2.29. The summed E-state index contributed by atoms with van der Waals surface area (Å²) in [4.78, 5) is 16.5. The number of morpholine rings is 1. The third-order valence-electron chi connectivity index (χ3n) is 4.85. The molecule has 0 spiro atoms. The smallest absolute Gasteiger partial charge is 0.194 e. The number of aliphatic imine (C=N–C) groups is 1. The summed E-state index contributed by atoms with van der Waals surface area (Å²) in [5, 5.41) is 6.60. The van der Waals surface area contributed by atoms with E-state index >= 15 is 0 Å². The second kappa shape index (κ2) is 11.4. The zero-order chi connectivity index (χ0) is 18.4. The lowest BCUT2D eigenvalue weighted by Crippen LogP contribution is -2.42. The van der Waals surface area contributed by atoms with Crippen molar-refractivity contribution < 1.29 is 4.74 Å². The molecule has 2 aliphatic heterocycles. The maximum atomic E-state index is 5.46. The summed E-state index contributed by atoms with van der Waals surface area (Å²) in [5.74, 6) is 1.74. The van der Waals surface area contributed by atoms with Crippen LogP contribution in [-0.2, 0) is 11.3 Å². The van der Waals surface area contributed by atoms with Crippen molar-refractivity contribution in [3.05, 3.63) is 11.1 Å². The molecule has 1 aromatic rings. The first-order valence-corrected chi connectivity index (χ1v) is 10.5. The molecule has 0 radical (unpaired) electrons. The summed E-state index contributed by atoms with van der Waals surface area (Å²) in [6, 6.07) is 0. The van der Waals surface area contributed by atoms with Gasteiger partial charge < -0.3 is 19.9 Å². The summed E-state index contributed by atoms with van der Waals surface area (Å²) >= 11 is 1.67. The van der Waals surface area contributed by atoms with E-state index in [1.165, 1.54) is 13.0 Å². The Morgan fingerprint density at radius 1 is 1.37 bits per heavy atom. The van der Waals surface area contributed by atoms with Crippen LogP contribution in [0.3, 0.4) is 0 Å². The number of anilines is 1. The number of thiazole rings is 1. The van der Waals surface area contributed by atoms with Gasteiger partial charge in [0.2, 0.25) is 0 Å². The summed E-state index contributed by atoms with van der Waals surface area (Å²) < 4.78 is 5.46. The van der Waals surface area contributed by atoms with Gasteiger partial charge in [-0.2, -0.15) is 0 Å². The molecule has 0 aromatic carbocycles. The van der Waals surface area contributed by atoms with E-state index in [1.807, 2.05) is 19.0 Å². The fourth-order valence-electron chi connectivity index (χ4n) is 3.48. The van der Waals surface area contributed by atoms with Gasteiger partial charge in [0.25, 0.3) is 0 Å². The van der Waals surface area contributed by atoms with Crippen LogP contribution < -0.4 is 10.2 Å². The predicted octanol–water partition coefficient (Wildman–Crippen LogP) is 1.95. The van der Waals surface area contributed by atoms with E-state index in [1.54, 1.807) is 11.3 Å². The molecule has 2 aliphatic rings. The maximum absolute atomic E-state index is 5.46. The second-order valence-corrected chi connectivity index (χ2v) is 8.04. The van der Waals surface area contributed by atoms with Crippen molar-refractivity contribution in [2.45, 2.75) is 19.9 Å². The van der Waals surface area contributed by atoms with Gasteiger partial charge in [-0.25, -0.2) is 9.98 Å². The quantitative estimate of drug-likeness (QED) is 0.360. The molecule has 0 aliphatic carbocycles. The summed E-state index contributed by atoms with van der Waals surface area (Å²) in [7, 11) is 4.05. The second-order valence-electron chi connectivity index (χ2n) is 7.20. The number of likely N-dealkylation sites (tertiary alicyclic amines) is 1. The van der Waals surface area contributed by atoms with Crippen LogP contribution in [0.2, 0.25) is 0 Å². The van der Waals surface area contributed by atoms with Crippen molar-refractivity contribution in [1.29, 1.82) is 0 Å². The van der Waals surface area contributed by atoms with Crippen LogP contribution in [0, 0.1) is 5.92 Å². The van der Waals surface area contributed by atoms with Gasteiger partial charge >= 0.3 is 0 Å². The molecule has 9 heteroatoms. The van der Waals surface area contributed by atoms with Crippen LogP contribution in [0.1, 0.15) is 19.0 Å². The van der Waals surface area contributed by atoms with Gasteiger partial charge in [-0.15, -0.1) is 35.3 Å². The topological polar surface area (TPSA) is 56.2 Å². The highest BCUT2D eigenvalue weighted by molar-refractivity contribution is 14.0. The van der Waals surface area contributed by atoms with E-state index in [2.05, 4.69) is 32.4 Å². The largest absolute Gasteiger partial charge is 0.379 e. The first-order valence-electron chi connectivity index (χ1n) is 9.60. The van der Waals surface area contributed by atoms with Crippen LogP contribution in [0.15, 0.2) is 10.4 Å². The minimum atomic E-state index is 0. The van der Waals surface area contributed by atoms with Crippen LogP contribution in [0.5, 0.6) is 0 Å². The van der Waals surface area contributed by atoms with Crippen LogP contribution >= 0.6 is 35.3 Å². The molecule has 27 heavy (non-hydrogen) atoms. The first-order chi connectivity index (χ1) is 12.7. The van der Waals surface area contributed by atoms with E-state index < -0.39 is 0 Å². The molecular formula is C18H33IN6OS. The molecule has 154 valence electrons. The molecule has 0 saturated carbocycles. The van der Waals surface area contributed by atoms with Gasteiger partial charge in [0.1, 0.15) is 0 Å². The molecule has 1 unspecified atom stereocenters. The van der Waals surface area contributed by atoms with E-state index in [0.717, 1.165) is 68.6 Å². The van der Waals surface area contributed by atoms with Crippen LogP contribution in [-0.4, -0.2) is 87.3 Å². The fourth-order valence-corrected chi connectivity index (χ4v) is 4.23. The van der Waals surface area contributed by atoms with E-state index in [4.69, 9.17) is 9.73 Å². The Hall–Kier alpha value is -0.650. The predicted molar refractivity (Wildman–Crippen MR) is 124 cm³/mol. The Bertz CT molecular complexity index is 590. The average molecular weight is 508 g/mol. The standard InChI is InChI=1S/C18H32N6OS.HI/c1-4-19-17(20-11-16-14-26-18(21-16)22(2)3)24-6-5-15(13-24)12-23-7-9-25-10-8-23;/h14-15H,4-13H2,1-3H3,(H,19,20);1H. The van der Waals surface area contributed by atoms with E-state index in [-0.39, 0.29) is 24.0 Å². The van der Waals surface area contributed by atoms with Gasteiger partial charge in [-0.3, -0.25) is 4.90 Å². The Balaban J connectivity index is 0.00000261. The number of hydrogen-bond acceptors (Lipinski definition) is 6. The first kappa shape index (κ1) is 22.6. The monoisotopic (exact) mass is 508 g/mol. The van der Waals surface area contributed by atoms with Gasteiger partial charge in [0, 0.05) is 58.7 Å². The third kappa shape index (κ3) is 6.72. The minimum absolute atomic E-state index is 0. The molecular weight excluding hydrogens is 475 g/mol. The highest BCUT2D eigenvalue weighted by Gasteiger charge is 2.27. The van der Waals surface area contributed by atoms with Crippen molar-refractivity contribution in [2.24, 2.45) is 10.9 Å². The number of ether oxygens (including phenoxy) is 1. The number of rotatable bonds is 6. The van der Waals surface area contributed by atoms with Crippen molar-refractivity contribution in [2.75, 3.05) is 71.5 Å². The Labute approximate surface area is 184 Å². The molecule has 1 aromatic heterocycles. The molecule has 1 atom stereocenters. The van der Waals surface area contributed by atoms with E-state index in [9.17, 15) is 0 Å². The highest BCUT2D eigenvalue weighted by Crippen LogP contribution is 2.20. The van der Waals surface area contributed by atoms with E-state index in [0.29, 0.717) is 6.54 Å². The molecule has 0 bridgehead atoms. The van der Waals surface area contributed by atoms with Gasteiger partial charge in [-0.1, -0.05) is 0 Å².